The molecule has 0 unspecified atom stereocenters. The molecule has 0 amide bonds. The summed E-state index contributed by atoms with van der Waals surface area (Å²) in [6, 6.07) is 7.81. The van der Waals surface area contributed by atoms with Crippen molar-refractivity contribution in [2.24, 2.45) is 5.92 Å². The van der Waals surface area contributed by atoms with E-state index in [0.29, 0.717) is 19.0 Å². The largest absolute Gasteiger partial charge is 0.426 e. The smallest absolute Gasteiger partial charge is 0.314 e. The predicted molar refractivity (Wildman–Crippen MR) is 119 cm³/mol. The van der Waals surface area contributed by atoms with Gasteiger partial charge in [-0.05, 0) is 63.3 Å². The molecule has 1 aromatic carbocycles. The number of esters is 1. The first-order chi connectivity index (χ1) is 15.2. The standard InChI is InChI=1S/C24H30N4O3/c1-2-28(18-9-11-19(12-10-18)31-23(29)17-5-3-6-17)22-20-7-4-8-21(20)25-24(26-22)27-13-15-30-16-14-27/h9-12,17H,2-8,13-16H2,1H3. The van der Waals surface area contributed by atoms with Crippen LogP contribution >= 0.6 is 0 Å². The van der Waals surface area contributed by atoms with Crippen molar-refractivity contribution >= 4 is 23.4 Å². The highest BCUT2D eigenvalue weighted by atomic mass is 16.5. The third-order valence-corrected chi connectivity index (χ3v) is 6.57. The molecule has 2 fully saturated rings. The Kier molecular flexibility index (Phi) is 5.76. The lowest BCUT2D eigenvalue weighted by molar-refractivity contribution is -0.141. The van der Waals surface area contributed by atoms with Crippen LogP contribution in [0.4, 0.5) is 17.5 Å². The van der Waals surface area contributed by atoms with Gasteiger partial charge in [0.2, 0.25) is 5.95 Å². The number of benzene rings is 1. The Morgan fingerprint density at radius 2 is 1.90 bits per heavy atom. The minimum absolute atomic E-state index is 0.0778. The van der Waals surface area contributed by atoms with Crippen molar-refractivity contribution in [2.45, 2.75) is 45.4 Å². The number of aromatic nitrogens is 2. The maximum absolute atomic E-state index is 12.1. The second-order valence-corrected chi connectivity index (χ2v) is 8.51. The van der Waals surface area contributed by atoms with Gasteiger partial charge in [0.15, 0.2) is 0 Å². The Hall–Kier alpha value is -2.67. The Labute approximate surface area is 183 Å². The van der Waals surface area contributed by atoms with Crippen LogP contribution < -0.4 is 14.5 Å². The lowest BCUT2D eigenvalue weighted by Gasteiger charge is -2.30. The summed E-state index contributed by atoms with van der Waals surface area (Å²) in [5, 5.41) is 0. The second-order valence-electron chi connectivity index (χ2n) is 8.51. The van der Waals surface area contributed by atoms with Crippen LogP contribution in [0.3, 0.4) is 0 Å². The molecule has 3 aliphatic rings. The van der Waals surface area contributed by atoms with Crippen molar-refractivity contribution in [1.29, 1.82) is 0 Å². The van der Waals surface area contributed by atoms with E-state index in [9.17, 15) is 4.79 Å². The van der Waals surface area contributed by atoms with Crippen molar-refractivity contribution in [1.82, 2.24) is 9.97 Å². The summed E-state index contributed by atoms with van der Waals surface area (Å²) in [5.74, 6) is 2.40. The highest BCUT2D eigenvalue weighted by Crippen LogP contribution is 2.35. The van der Waals surface area contributed by atoms with Gasteiger partial charge in [-0.25, -0.2) is 4.98 Å². The second kappa shape index (κ2) is 8.83. The molecule has 1 aromatic heterocycles. The van der Waals surface area contributed by atoms with Gasteiger partial charge in [0, 0.05) is 30.9 Å². The highest BCUT2D eigenvalue weighted by molar-refractivity contribution is 5.76. The van der Waals surface area contributed by atoms with Gasteiger partial charge in [-0.1, -0.05) is 6.42 Å². The van der Waals surface area contributed by atoms with Crippen molar-refractivity contribution in [2.75, 3.05) is 42.6 Å². The van der Waals surface area contributed by atoms with Gasteiger partial charge >= 0.3 is 5.97 Å². The number of rotatable bonds is 6. The first-order valence-corrected chi connectivity index (χ1v) is 11.5. The Bertz CT molecular complexity index is 937. The fraction of sp³-hybridized carbons (Fsp3) is 0.542. The zero-order valence-corrected chi connectivity index (χ0v) is 18.2. The zero-order chi connectivity index (χ0) is 21.2. The van der Waals surface area contributed by atoms with Crippen LogP contribution in [0.1, 0.15) is 43.9 Å². The third-order valence-electron chi connectivity index (χ3n) is 6.57. The number of carbonyl (C=O) groups excluding carboxylic acids is 1. The molecule has 5 rings (SSSR count). The molecule has 1 saturated carbocycles. The number of ether oxygens (including phenoxy) is 2. The lowest BCUT2D eigenvalue weighted by atomic mass is 9.86. The van der Waals surface area contributed by atoms with Gasteiger partial charge in [0.25, 0.3) is 0 Å². The van der Waals surface area contributed by atoms with E-state index < -0.39 is 0 Å². The normalized spacial score (nSPS) is 18.4. The van der Waals surface area contributed by atoms with Gasteiger partial charge < -0.3 is 19.3 Å². The monoisotopic (exact) mass is 422 g/mol. The summed E-state index contributed by atoms with van der Waals surface area (Å²) >= 11 is 0. The molecule has 31 heavy (non-hydrogen) atoms. The first-order valence-electron chi connectivity index (χ1n) is 11.5. The molecule has 0 N–H and O–H groups in total. The number of anilines is 3. The molecule has 2 heterocycles. The number of hydrogen-bond acceptors (Lipinski definition) is 7. The van der Waals surface area contributed by atoms with Crippen molar-refractivity contribution in [3.63, 3.8) is 0 Å². The van der Waals surface area contributed by atoms with Crippen LogP contribution in [0.25, 0.3) is 0 Å². The lowest BCUT2D eigenvalue weighted by Crippen LogP contribution is -2.38. The van der Waals surface area contributed by atoms with E-state index in [1.807, 2.05) is 24.3 Å². The number of aryl methyl sites for hydroxylation is 1. The number of fused-ring (bicyclic) bond motifs is 1. The minimum Gasteiger partial charge on any atom is -0.426 e. The van der Waals surface area contributed by atoms with Gasteiger partial charge in [0.1, 0.15) is 11.6 Å². The Morgan fingerprint density at radius 1 is 1.13 bits per heavy atom. The average Bonchev–Trinajstić information content (AvgIpc) is 3.23. The van der Waals surface area contributed by atoms with E-state index in [-0.39, 0.29) is 11.9 Å². The van der Waals surface area contributed by atoms with Gasteiger partial charge in [0.05, 0.1) is 24.8 Å². The van der Waals surface area contributed by atoms with Crippen LogP contribution in [0, 0.1) is 5.92 Å². The summed E-state index contributed by atoms with van der Waals surface area (Å²) in [5.41, 5.74) is 3.49. The van der Waals surface area contributed by atoms with Crippen LogP contribution in [-0.2, 0) is 22.4 Å². The molecular weight excluding hydrogens is 392 g/mol. The molecule has 1 saturated heterocycles. The van der Waals surface area contributed by atoms with E-state index in [1.165, 1.54) is 11.3 Å². The summed E-state index contributed by atoms with van der Waals surface area (Å²) in [4.78, 5) is 26.5. The Balaban J connectivity index is 1.41. The zero-order valence-electron chi connectivity index (χ0n) is 18.2. The fourth-order valence-corrected chi connectivity index (χ4v) is 4.52. The summed E-state index contributed by atoms with van der Waals surface area (Å²) in [6.07, 6.45) is 6.17. The predicted octanol–water partition coefficient (Wildman–Crippen LogP) is 3.67. The van der Waals surface area contributed by atoms with Crippen LogP contribution in [0.5, 0.6) is 5.75 Å². The SMILES string of the molecule is CCN(c1ccc(OC(=O)C2CCC2)cc1)c1nc(N2CCOCC2)nc2c1CCC2. The minimum atomic E-state index is -0.102. The maximum atomic E-state index is 12.1. The average molecular weight is 423 g/mol. The number of morpholine rings is 1. The summed E-state index contributed by atoms with van der Waals surface area (Å²) in [6.45, 7) is 6.02. The first kappa shape index (κ1) is 20.2. The fourth-order valence-electron chi connectivity index (χ4n) is 4.52. The molecule has 7 heteroatoms. The number of nitrogens with zero attached hydrogens (tertiary/aromatic N) is 4. The van der Waals surface area contributed by atoms with Crippen molar-refractivity contribution < 1.29 is 14.3 Å². The molecule has 0 bridgehead atoms. The van der Waals surface area contributed by atoms with Gasteiger partial charge in [-0.15, -0.1) is 0 Å². The Morgan fingerprint density at radius 3 is 2.58 bits per heavy atom. The van der Waals surface area contributed by atoms with E-state index in [2.05, 4.69) is 16.7 Å². The number of hydrogen-bond donors (Lipinski definition) is 0. The van der Waals surface area contributed by atoms with E-state index in [1.54, 1.807) is 0 Å². The summed E-state index contributed by atoms with van der Waals surface area (Å²) in [7, 11) is 0. The van der Waals surface area contributed by atoms with Crippen LogP contribution in [-0.4, -0.2) is 48.8 Å². The molecule has 2 aromatic rings. The molecule has 164 valence electrons. The van der Waals surface area contributed by atoms with Crippen LogP contribution in [0.15, 0.2) is 24.3 Å². The highest BCUT2D eigenvalue weighted by Gasteiger charge is 2.28. The topological polar surface area (TPSA) is 67.8 Å². The van der Waals surface area contributed by atoms with Crippen molar-refractivity contribution in [3.8, 4) is 5.75 Å². The van der Waals surface area contributed by atoms with Crippen molar-refractivity contribution in [3.05, 3.63) is 35.5 Å². The number of carbonyl (C=O) groups is 1. The molecule has 0 radical (unpaired) electrons. The van der Waals surface area contributed by atoms with E-state index in [4.69, 9.17) is 19.4 Å². The quantitative estimate of drug-likeness (QED) is 0.520. The molecule has 0 atom stereocenters. The van der Waals surface area contributed by atoms with E-state index in [0.717, 1.165) is 75.6 Å². The molecular formula is C24H30N4O3. The summed E-state index contributed by atoms with van der Waals surface area (Å²) < 4.78 is 11.1. The van der Waals surface area contributed by atoms with Gasteiger partial charge in [-0.3, -0.25) is 4.79 Å². The molecule has 2 aliphatic carbocycles. The van der Waals surface area contributed by atoms with Crippen LogP contribution in [0.2, 0.25) is 0 Å². The van der Waals surface area contributed by atoms with Gasteiger partial charge in [-0.2, -0.15) is 4.98 Å². The molecule has 7 nitrogen and oxygen atoms in total. The maximum Gasteiger partial charge on any atom is 0.314 e. The molecule has 1 aliphatic heterocycles. The molecule has 0 spiro atoms. The van der Waals surface area contributed by atoms with E-state index >= 15 is 0 Å². The third kappa shape index (κ3) is 4.11.